The molecule has 0 fully saturated rings. The number of hydrazone groups is 1. The van der Waals surface area contributed by atoms with E-state index in [1.54, 1.807) is 12.1 Å². The number of nitrogens with one attached hydrogen (secondary N) is 2. The van der Waals surface area contributed by atoms with Crippen LogP contribution in [0.15, 0.2) is 53.6 Å². The predicted molar refractivity (Wildman–Crippen MR) is 96.1 cm³/mol. The zero-order valence-electron chi connectivity index (χ0n) is 14.0. The van der Waals surface area contributed by atoms with Crippen LogP contribution < -0.4 is 10.7 Å². The maximum atomic E-state index is 11.8. The molecule has 0 aromatic heterocycles. The van der Waals surface area contributed by atoms with Crippen molar-refractivity contribution in [3.8, 4) is 0 Å². The molecule has 5 heteroatoms. The highest BCUT2D eigenvalue weighted by Crippen LogP contribution is 2.13. The summed E-state index contributed by atoms with van der Waals surface area (Å²) < 4.78 is 0. The van der Waals surface area contributed by atoms with Gasteiger partial charge in [-0.2, -0.15) is 5.10 Å². The van der Waals surface area contributed by atoms with Crippen molar-refractivity contribution >= 4 is 23.7 Å². The number of carbonyl (C=O) groups is 2. The van der Waals surface area contributed by atoms with E-state index in [9.17, 15) is 9.59 Å². The summed E-state index contributed by atoms with van der Waals surface area (Å²) in [7, 11) is 0. The molecule has 2 rings (SSSR count). The smallest absolute Gasteiger partial charge is 0.318 e. The van der Waals surface area contributed by atoms with Gasteiger partial charge in [0.15, 0.2) is 0 Å². The highest BCUT2D eigenvalue weighted by molar-refractivity contribution is 6.39. The lowest BCUT2D eigenvalue weighted by Gasteiger charge is -2.05. The second-order valence-corrected chi connectivity index (χ2v) is 5.84. The van der Waals surface area contributed by atoms with Crippen LogP contribution in [0.1, 0.15) is 36.5 Å². The first kappa shape index (κ1) is 17.4. The van der Waals surface area contributed by atoms with Crippen molar-refractivity contribution in [3.05, 3.63) is 65.2 Å². The van der Waals surface area contributed by atoms with Crippen LogP contribution in [0.4, 0.5) is 5.69 Å². The van der Waals surface area contributed by atoms with Gasteiger partial charge >= 0.3 is 11.8 Å². The van der Waals surface area contributed by atoms with Crippen LogP contribution in [0.5, 0.6) is 0 Å². The summed E-state index contributed by atoms with van der Waals surface area (Å²) in [4.78, 5) is 23.5. The second-order valence-electron chi connectivity index (χ2n) is 5.84. The van der Waals surface area contributed by atoms with E-state index in [2.05, 4.69) is 29.7 Å². The van der Waals surface area contributed by atoms with E-state index in [-0.39, 0.29) is 0 Å². The van der Waals surface area contributed by atoms with Gasteiger partial charge in [-0.3, -0.25) is 9.59 Å². The molecule has 0 aliphatic rings. The van der Waals surface area contributed by atoms with Gasteiger partial charge in [0.25, 0.3) is 0 Å². The Hall–Kier alpha value is -2.95. The maximum Gasteiger partial charge on any atom is 0.329 e. The lowest BCUT2D eigenvalue weighted by atomic mass is 10.0. The van der Waals surface area contributed by atoms with Crippen molar-refractivity contribution in [2.75, 3.05) is 5.32 Å². The van der Waals surface area contributed by atoms with Crippen molar-refractivity contribution < 1.29 is 9.59 Å². The predicted octanol–water partition coefficient (Wildman–Crippen LogP) is 3.21. The van der Waals surface area contributed by atoms with Gasteiger partial charge in [-0.05, 0) is 41.7 Å². The molecule has 0 saturated carbocycles. The van der Waals surface area contributed by atoms with E-state index in [1.165, 1.54) is 11.8 Å². The van der Waals surface area contributed by atoms with Gasteiger partial charge in [0.1, 0.15) is 0 Å². The topological polar surface area (TPSA) is 70.6 Å². The van der Waals surface area contributed by atoms with E-state index >= 15 is 0 Å². The van der Waals surface area contributed by atoms with Crippen molar-refractivity contribution in [2.24, 2.45) is 5.10 Å². The van der Waals surface area contributed by atoms with Crippen molar-refractivity contribution in [1.82, 2.24) is 5.43 Å². The lowest BCUT2D eigenvalue weighted by molar-refractivity contribution is -0.136. The molecule has 0 heterocycles. The second kappa shape index (κ2) is 8.06. The van der Waals surface area contributed by atoms with E-state index in [4.69, 9.17) is 0 Å². The van der Waals surface area contributed by atoms with Gasteiger partial charge in [-0.15, -0.1) is 0 Å². The third kappa shape index (κ3) is 5.05. The average molecular weight is 323 g/mol. The number of anilines is 1. The molecule has 0 bridgehead atoms. The molecule has 2 amide bonds. The van der Waals surface area contributed by atoms with Crippen LogP contribution in [-0.4, -0.2) is 18.0 Å². The van der Waals surface area contributed by atoms with Crippen LogP contribution in [0.2, 0.25) is 0 Å². The summed E-state index contributed by atoms with van der Waals surface area (Å²) in [6, 6.07) is 15.1. The molecule has 2 aromatic rings. The Morgan fingerprint density at radius 3 is 2.38 bits per heavy atom. The number of benzene rings is 2. The third-order valence-corrected chi connectivity index (χ3v) is 3.47. The standard InChI is InChI=1S/C19H21N3O2/c1-13(2)16-9-7-15(8-10-16)12-20-22-19(24)18(23)21-17-6-4-5-14(3)11-17/h4-13H,1-3H3,(H,21,23)(H,22,24)/b20-12-. The maximum absolute atomic E-state index is 11.8. The van der Waals surface area contributed by atoms with Crippen molar-refractivity contribution in [2.45, 2.75) is 26.7 Å². The first-order valence-electron chi connectivity index (χ1n) is 7.76. The Labute approximate surface area is 141 Å². The van der Waals surface area contributed by atoms with Crippen LogP contribution >= 0.6 is 0 Å². The molecule has 0 aliphatic carbocycles. The monoisotopic (exact) mass is 323 g/mol. The number of amides is 2. The average Bonchev–Trinajstić information content (AvgIpc) is 2.55. The minimum absolute atomic E-state index is 0.459. The molecule has 124 valence electrons. The van der Waals surface area contributed by atoms with Gasteiger partial charge in [-0.1, -0.05) is 50.2 Å². The highest BCUT2D eigenvalue weighted by Gasteiger charge is 2.12. The quantitative estimate of drug-likeness (QED) is 0.515. The molecular weight excluding hydrogens is 302 g/mol. The number of carbonyl (C=O) groups excluding carboxylic acids is 2. The Kier molecular flexibility index (Phi) is 5.84. The fraction of sp³-hybridized carbons (Fsp3) is 0.211. The van der Waals surface area contributed by atoms with Gasteiger partial charge in [0, 0.05) is 5.69 Å². The number of hydrogen-bond donors (Lipinski definition) is 2. The largest absolute Gasteiger partial charge is 0.329 e. The van der Waals surface area contributed by atoms with Gasteiger partial charge in [0.05, 0.1) is 6.21 Å². The first-order chi connectivity index (χ1) is 11.5. The first-order valence-corrected chi connectivity index (χ1v) is 7.76. The van der Waals surface area contributed by atoms with E-state index in [1.807, 2.05) is 43.3 Å². The minimum Gasteiger partial charge on any atom is -0.318 e. The Balaban J connectivity index is 1.88. The minimum atomic E-state index is -0.813. The molecule has 0 unspecified atom stereocenters. The van der Waals surface area contributed by atoms with Crippen molar-refractivity contribution in [1.29, 1.82) is 0 Å². The zero-order valence-corrected chi connectivity index (χ0v) is 14.0. The van der Waals surface area contributed by atoms with Crippen molar-refractivity contribution in [3.63, 3.8) is 0 Å². The van der Waals surface area contributed by atoms with E-state index in [0.29, 0.717) is 11.6 Å². The van der Waals surface area contributed by atoms with Crippen LogP contribution in [0, 0.1) is 6.92 Å². The SMILES string of the molecule is Cc1cccc(NC(=O)C(=O)N/N=C\c2ccc(C(C)C)cc2)c1. The van der Waals surface area contributed by atoms with Crippen LogP contribution in [0.25, 0.3) is 0 Å². The number of aryl methyl sites for hydroxylation is 1. The molecule has 5 nitrogen and oxygen atoms in total. The summed E-state index contributed by atoms with van der Waals surface area (Å²) in [6.45, 7) is 6.15. The summed E-state index contributed by atoms with van der Waals surface area (Å²) in [5.74, 6) is -1.11. The molecule has 2 aromatic carbocycles. The summed E-state index contributed by atoms with van der Waals surface area (Å²) in [5, 5.41) is 6.34. The lowest BCUT2D eigenvalue weighted by Crippen LogP contribution is -2.32. The fourth-order valence-corrected chi connectivity index (χ4v) is 2.09. The molecule has 2 N–H and O–H groups in total. The highest BCUT2D eigenvalue weighted by atomic mass is 16.2. The molecular formula is C19H21N3O2. The van der Waals surface area contributed by atoms with Gasteiger partial charge < -0.3 is 5.32 Å². The van der Waals surface area contributed by atoms with Gasteiger partial charge in [-0.25, -0.2) is 5.43 Å². The molecule has 0 atom stereocenters. The summed E-state index contributed by atoms with van der Waals surface area (Å²) in [6.07, 6.45) is 1.50. The molecule has 0 spiro atoms. The molecule has 0 aliphatic heterocycles. The fourth-order valence-electron chi connectivity index (χ4n) is 2.09. The third-order valence-electron chi connectivity index (χ3n) is 3.47. The Bertz CT molecular complexity index is 749. The van der Waals surface area contributed by atoms with Crippen LogP contribution in [0.3, 0.4) is 0 Å². The number of nitrogens with zero attached hydrogens (tertiary/aromatic N) is 1. The molecule has 24 heavy (non-hydrogen) atoms. The normalized spacial score (nSPS) is 10.8. The summed E-state index contributed by atoms with van der Waals surface area (Å²) >= 11 is 0. The van der Waals surface area contributed by atoms with E-state index < -0.39 is 11.8 Å². The molecule has 0 radical (unpaired) electrons. The molecule has 0 saturated heterocycles. The summed E-state index contributed by atoms with van der Waals surface area (Å²) in [5.41, 5.74) is 5.87. The Morgan fingerprint density at radius 2 is 1.75 bits per heavy atom. The Morgan fingerprint density at radius 1 is 1.04 bits per heavy atom. The zero-order chi connectivity index (χ0) is 17.5. The number of hydrogen-bond acceptors (Lipinski definition) is 3. The number of rotatable bonds is 4. The van der Waals surface area contributed by atoms with Gasteiger partial charge in [0.2, 0.25) is 0 Å². The van der Waals surface area contributed by atoms with E-state index in [0.717, 1.165) is 11.1 Å². The van der Waals surface area contributed by atoms with Crippen LogP contribution in [-0.2, 0) is 9.59 Å².